The fourth-order valence-electron chi connectivity index (χ4n) is 1.84. The summed E-state index contributed by atoms with van der Waals surface area (Å²) in [7, 11) is 0. The van der Waals surface area contributed by atoms with E-state index in [4.69, 9.17) is 10.5 Å². The number of hydrogen-bond donors (Lipinski definition) is 2. The maximum Gasteiger partial charge on any atom is 0.224 e. The highest BCUT2D eigenvalue weighted by molar-refractivity contribution is 5.93. The zero-order valence-corrected chi connectivity index (χ0v) is 10.5. The van der Waals surface area contributed by atoms with Gasteiger partial charge in [-0.3, -0.25) is 4.79 Å². The van der Waals surface area contributed by atoms with Gasteiger partial charge in [-0.1, -0.05) is 12.1 Å². The standard InChI is InChI=1S/C14H20N2O2/c15-12-7-1-2-8-13(12)16-14(17)9-4-10-18-11-5-3-6-11/h1-2,7-8,11H,3-6,9-10,15H2,(H,16,17). The van der Waals surface area contributed by atoms with E-state index >= 15 is 0 Å². The van der Waals surface area contributed by atoms with E-state index < -0.39 is 0 Å². The number of carbonyl (C=O) groups is 1. The van der Waals surface area contributed by atoms with Gasteiger partial charge in [0.15, 0.2) is 0 Å². The van der Waals surface area contributed by atoms with Crippen LogP contribution in [-0.4, -0.2) is 18.6 Å². The average molecular weight is 248 g/mol. The van der Waals surface area contributed by atoms with Crippen molar-refractivity contribution in [3.05, 3.63) is 24.3 Å². The van der Waals surface area contributed by atoms with Crippen LogP contribution in [0.3, 0.4) is 0 Å². The van der Waals surface area contributed by atoms with E-state index in [0.29, 0.717) is 30.5 Å². The number of nitrogens with one attached hydrogen (secondary N) is 1. The van der Waals surface area contributed by atoms with Crippen LogP contribution in [0.4, 0.5) is 11.4 Å². The molecule has 0 saturated heterocycles. The van der Waals surface area contributed by atoms with Crippen molar-refractivity contribution in [2.75, 3.05) is 17.7 Å². The molecule has 3 N–H and O–H groups in total. The third-order valence-corrected chi connectivity index (χ3v) is 3.19. The lowest BCUT2D eigenvalue weighted by Gasteiger charge is -2.25. The summed E-state index contributed by atoms with van der Waals surface area (Å²) in [5, 5.41) is 2.81. The molecular weight excluding hydrogens is 228 g/mol. The lowest BCUT2D eigenvalue weighted by Crippen LogP contribution is -2.22. The Balaban J connectivity index is 1.64. The number of nitrogens with two attached hydrogens (primary N) is 1. The normalized spacial score (nSPS) is 15.1. The van der Waals surface area contributed by atoms with Crippen LogP contribution in [0.5, 0.6) is 0 Å². The van der Waals surface area contributed by atoms with Gasteiger partial charge in [0.1, 0.15) is 0 Å². The van der Waals surface area contributed by atoms with Crippen LogP contribution in [-0.2, 0) is 9.53 Å². The van der Waals surface area contributed by atoms with Crippen molar-refractivity contribution in [3.8, 4) is 0 Å². The van der Waals surface area contributed by atoms with Crippen molar-refractivity contribution in [1.82, 2.24) is 0 Å². The van der Waals surface area contributed by atoms with E-state index in [1.54, 1.807) is 12.1 Å². The molecule has 1 saturated carbocycles. The maximum absolute atomic E-state index is 11.7. The van der Waals surface area contributed by atoms with Gasteiger partial charge in [0.2, 0.25) is 5.91 Å². The molecule has 0 aromatic heterocycles. The van der Waals surface area contributed by atoms with Crippen LogP contribution in [0.15, 0.2) is 24.3 Å². The van der Waals surface area contributed by atoms with Crippen molar-refractivity contribution in [3.63, 3.8) is 0 Å². The van der Waals surface area contributed by atoms with E-state index in [1.165, 1.54) is 19.3 Å². The highest BCUT2D eigenvalue weighted by Crippen LogP contribution is 2.22. The molecule has 98 valence electrons. The Hall–Kier alpha value is -1.55. The summed E-state index contributed by atoms with van der Waals surface area (Å²) in [5.74, 6) is -0.00916. The zero-order chi connectivity index (χ0) is 12.8. The number of benzene rings is 1. The Morgan fingerprint density at radius 1 is 1.39 bits per heavy atom. The Morgan fingerprint density at radius 3 is 2.83 bits per heavy atom. The van der Waals surface area contributed by atoms with Crippen LogP contribution in [0, 0.1) is 0 Å². The first-order valence-corrected chi connectivity index (χ1v) is 6.51. The molecule has 4 heteroatoms. The van der Waals surface area contributed by atoms with Crippen LogP contribution in [0.1, 0.15) is 32.1 Å². The van der Waals surface area contributed by atoms with E-state index in [1.807, 2.05) is 12.1 Å². The molecule has 18 heavy (non-hydrogen) atoms. The minimum Gasteiger partial charge on any atom is -0.397 e. The molecule has 0 bridgehead atoms. The molecule has 1 amide bonds. The molecule has 0 spiro atoms. The molecule has 0 aliphatic heterocycles. The number of amides is 1. The lowest BCUT2D eigenvalue weighted by atomic mass is 9.96. The van der Waals surface area contributed by atoms with Crippen LogP contribution in [0.25, 0.3) is 0 Å². The zero-order valence-electron chi connectivity index (χ0n) is 10.5. The highest BCUT2D eigenvalue weighted by atomic mass is 16.5. The van der Waals surface area contributed by atoms with Crippen molar-refractivity contribution in [2.45, 2.75) is 38.2 Å². The second-order valence-corrected chi connectivity index (χ2v) is 4.66. The van der Waals surface area contributed by atoms with Gasteiger partial charge in [0.05, 0.1) is 17.5 Å². The minimum atomic E-state index is -0.00916. The molecule has 0 unspecified atom stereocenters. The molecule has 2 rings (SSSR count). The SMILES string of the molecule is Nc1ccccc1NC(=O)CCCOC1CCC1. The van der Waals surface area contributed by atoms with Crippen LogP contribution >= 0.6 is 0 Å². The second kappa shape index (κ2) is 6.40. The lowest BCUT2D eigenvalue weighted by molar-refractivity contribution is -0.116. The van der Waals surface area contributed by atoms with Gasteiger partial charge >= 0.3 is 0 Å². The molecule has 0 radical (unpaired) electrons. The van der Waals surface area contributed by atoms with Crippen LogP contribution < -0.4 is 11.1 Å². The molecular formula is C14H20N2O2. The Bertz CT molecular complexity index is 403. The largest absolute Gasteiger partial charge is 0.397 e. The monoisotopic (exact) mass is 248 g/mol. The molecule has 1 aliphatic rings. The average Bonchev–Trinajstić information content (AvgIpc) is 2.29. The quantitative estimate of drug-likeness (QED) is 0.600. The molecule has 4 nitrogen and oxygen atoms in total. The molecule has 1 aliphatic carbocycles. The van der Waals surface area contributed by atoms with Crippen molar-refractivity contribution in [2.24, 2.45) is 0 Å². The summed E-state index contributed by atoms with van der Waals surface area (Å²) in [5.41, 5.74) is 7.03. The second-order valence-electron chi connectivity index (χ2n) is 4.66. The predicted octanol–water partition coefficient (Wildman–Crippen LogP) is 2.56. The summed E-state index contributed by atoms with van der Waals surface area (Å²) >= 11 is 0. The third-order valence-electron chi connectivity index (χ3n) is 3.19. The predicted molar refractivity (Wildman–Crippen MR) is 72.3 cm³/mol. The van der Waals surface area contributed by atoms with Crippen molar-refractivity contribution >= 4 is 17.3 Å². The fraction of sp³-hybridized carbons (Fsp3) is 0.500. The topological polar surface area (TPSA) is 64.3 Å². The molecule has 1 aromatic rings. The van der Waals surface area contributed by atoms with E-state index in [-0.39, 0.29) is 5.91 Å². The fourth-order valence-corrected chi connectivity index (χ4v) is 1.84. The Kier molecular flexibility index (Phi) is 4.59. The Labute approximate surface area is 108 Å². The summed E-state index contributed by atoms with van der Waals surface area (Å²) in [4.78, 5) is 11.7. The van der Waals surface area contributed by atoms with Gasteiger partial charge in [-0.2, -0.15) is 0 Å². The van der Waals surface area contributed by atoms with Gasteiger partial charge in [0, 0.05) is 13.0 Å². The smallest absolute Gasteiger partial charge is 0.224 e. The molecule has 0 heterocycles. The van der Waals surface area contributed by atoms with E-state index in [9.17, 15) is 4.79 Å². The summed E-state index contributed by atoms with van der Waals surface area (Å²) in [6.07, 6.45) is 5.30. The van der Waals surface area contributed by atoms with E-state index in [2.05, 4.69) is 5.32 Å². The van der Waals surface area contributed by atoms with Gasteiger partial charge in [-0.25, -0.2) is 0 Å². The number of para-hydroxylation sites is 2. The Morgan fingerprint density at radius 2 is 2.17 bits per heavy atom. The first-order valence-electron chi connectivity index (χ1n) is 6.51. The van der Waals surface area contributed by atoms with Gasteiger partial charge in [-0.15, -0.1) is 0 Å². The highest BCUT2D eigenvalue weighted by Gasteiger charge is 2.17. The molecule has 1 aromatic carbocycles. The summed E-state index contributed by atoms with van der Waals surface area (Å²) in [6.45, 7) is 0.669. The number of ether oxygens (including phenoxy) is 1. The van der Waals surface area contributed by atoms with Crippen molar-refractivity contribution in [1.29, 1.82) is 0 Å². The number of rotatable bonds is 6. The summed E-state index contributed by atoms with van der Waals surface area (Å²) in [6, 6.07) is 7.27. The summed E-state index contributed by atoms with van der Waals surface area (Å²) < 4.78 is 5.60. The first kappa shape index (κ1) is 12.9. The number of anilines is 2. The van der Waals surface area contributed by atoms with Gasteiger partial charge < -0.3 is 15.8 Å². The van der Waals surface area contributed by atoms with Gasteiger partial charge in [-0.05, 0) is 37.8 Å². The number of hydrogen-bond acceptors (Lipinski definition) is 3. The number of carbonyl (C=O) groups excluding carboxylic acids is 1. The van der Waals surface area contributed by atoms with E-state index in [0.717, 1.165) is 6.42 Å². The van der Waals surface area contributed by atoms with Crippen LogP contribution in [0.2, 0.25) is 0 Å². The third kappa shape index (κ3) is 3.74. The molecule has 0 atom stereocenters. The maximum atomic E-state index is 11.7. The van der Waals surface area contributed by atoms with Crippen molar-refractivity contribution < 1.29 is 9.53 Å². The number of nitrogen functional groups attached to an aromatic ring is 1. The van der Waals surface area contributed by atoms with Gasteiger partial charge in [0.25, 0.3) is 0 Å². The first-order chi connectivity index (χ1) is 8.75. The molecule has 1 fully saturated rings. The minimum absolute atomic E-state index is 0.00916.